The Morgan fingerprint density at radius 2 is 1.53 bits per heavy atom. The number of halogens is 3. The summed E-state index contributed by atoms with van der Waals surface area (Å²) in [7, 11) is -4.34. The first-order chi connectivity index (χ1) is 7.16. The molecule has 0 aliphatic carbocycles. The van der Waals surface area contributed by atoms with E-state index in [0.29, 0.717) is 0 Å². The van der Waals surface area contributed by atoms with Crippen LogP contribution in [0, 0.1) is 0 Å². The topological polar surface area (TPSA) is 78.4 Å². The molecule has 0 heterocycles. The van der Waals surface area contributed by atoms with Gasteiger partial charge in [0.1, 0.15) is 6.54 Å². The molecule has 0 aromatic rings. The monoisotopic (exact) mass is 278 g/mol. The van der Waals surface area contributed by atoms with Crippen molar-refractivity contribution in [3.8, 4) is 0 Å². The number of rotatable bonds is 5. The minimum atomic E-state index is -4.63. The maximum atomic E-state index is 11.8. The van der Waals surface area contributed by atoms with Gasteiger partial charge in [-0.1, -0.05) is 0 Å². The highest BCUT2D eigenvalue weighted by Crippen LogP contribution is 2.21. The van der Waals surface area contributed by atoms with Gasteiger partial charge in [-0.25, -0.2) is 0 Å². The Bertz CT molecular complexity index is 357. The van der Waals surface area contributed by atoms with Gasteiger partial charge in [-0.2, -0.15) is 31.0 Å². The zero-order chi connectivity index (χ0) is 14.1. The molecule has 0 rings (SSSR count). The van der Waals surface area contributed by atoms with Gasteiger partial charge in [-0.15, -0.1) is 0 Å². The smallest absolute Gasteiger partial charge is 0.389 e. The van der Waals surface area contributed by atoms with E-state index in [0.717, 1.165) is 0 Å². The Kier molecular flexibility index (Phi) is 4.61. The summed E-state index contributed by atoms with van der Waals surface area (Å²) in [5, 5.41) is 9.66. The lowest BCUT2D eigenvalue weighted by Crippen LogP contribution is -2.60. The van der Waals surface area contributed by atoms with Crippen LogP contribution >= 0.6 is 0 Å². The molecule has 0 saturated carbocycles. The van der Waals surface area contributed by atoms with Crippen molar-refractivity contribution in [1.82, 2.24) is 9.44 Å². The second kappa shape index (κ2) is 4.71. The maximum absolute atomic E-state index is 11.8. The summed E-state index contributed by atoms with van der Waals surface area (Å²) in [4.78, 5) is 0. The molecule has 9 heteroatoms. The molecule has 5 nitrogen and oxygen atoms in total. The van der Waals surface area contributed by atoms with Gasteiger partial charge in [-0.05, 0) is 27.7 Å². The molecule has 0 aromatic carbocycles. The molecule has 0 bridgehead atoms. The lowest BCUT2D eigenvalue weighted by Gasteiger charge is -2.37. The number of hydrogen-bond donors (Lipinski definition) is 3. The molecule has 17 heavy (non-hydrogen) atoms. The van der Waals surface area contributed by atoms with Crippen molar-refractivity contribution in [1.29, 1.82) is 0 Å². The van der Waals surface area contributed by atoms with E-state index in [9.17, 15) is 26.7 Å². The molecule has 0 atom stereocenters. The van der Waals surface area contributed by atoms with Crippen molar-refractivity contribution in [2.45, 2.75) is 45.0 Å². The van der Waals surface area contributed by atoms with E-state index in [1.807, 2.05) is 4.72 Å². The van der Waals surface area contributed by atoms with E-state index in [4.69, 9.17) is 0 Å². The molecule has 0 aromatic heterocycles. The van der Waals surface area contributed by atoms with E-state index in [1.165, 1.54) is 32.4 Å². The first-order valence-corrected chi connectivity index (χ1v) is 6.22. The maximum Gasteiger partial charge on any atom is 0.402 e. The molecular formula is C8H17F3N2O3S. The first kappa shape index (κ1) is 16.6. The third-order valence-corrected chi connectivity index (χ3v) is 3.69. The van der Waals surface area contributed by atoms with Crippen molar-refractivity contribution >= 4 is 10.2 Å². The summed E-state index contributed by atoms with van der Waals surface area (Å²) in [6.45, 7) is 3.75. The Hall–Kier alpha value is -0.380. The normalized spacial score (nSPS) is 15.1. The van der Waals surface area contributed by atoms with Gasteiger partial charge in [0.15, 0.2) is 0 Å². The Labute approximate surface area is 98.6 Å². The zero-order valence-corrected chi connectivity index (χ0v) is 10.8. The highest BCUT2D eigenvalue weighted by molar-refractivity contribution is 7.87. The van der Waals surface area contributed by atoms with Crippen molar-refractivity contribution < 1.29 is 26.7 Å². The summed E-state index contributed by atoms with van der Waals surface area (Å²) in [6, 6.07) is 0. The molecule has 0 aliphatic heterocycles. The van der Waals surface area contributed by atoms with Crippen LogP contribution in [0.4, 0.5) is 13.2 Å². The molecule has 0 fully saturated rings. The predicted octanol–water partition coefficient (Wildman–Crippen LogP) is 0.522. The van der Waals surface area contributed by atoms with Gasteiger partial charge in [0, 0.05) is 0 Å². The largest absolute Gasteiger partial charge is 0.402 e. The molecule has 104 valence electrons. The average molecular weight is 278 g/mol. The van der Waals surface area contributed by atoms with Crippen LogP contribution in [0.2, 0.25) is 0 Å². The summed E-state index contributed by atoms with van der Waals surface area (Å²) in [5.41, 5.74) is -2.75. The third-order valence-electron chi connectivity index (χ3n) is 2.38. The van der Waals surface area contributed by atoms with Crippen molar-refractivity contribution in [2.24, 2.45) is 0 Å². The second-order valence-electron chi connectivity index (χ2n) is 4.73. The molecule has 0 unspecified atom stereocenters. The summed E-state index contributed by atoms with van der Waals surface area (Å²) in [6.07, 6.45) is -4.63. The summed E-state index contributed by atoms with van der Waals surface area (Å²) >= 11 is 0. The Morgan fingerprint density at radius 1 is 1.12 bits per heavy atom. The Morgan fingerprint density at radius 3 is 1.82 bits per heavy atom. The number of aliphatic hydroxyl groups is 1. The fourth-order valence-electron chi connectivity index (χ4n) is 0.674. The third kappa shape index (κ3) is 6.20. The van der Waals surface area contributed by atoms with E-state index in [-0.39, 0.29) is 0 Å². The number of alkyl halides is 3. The zero-order valence-electron chi connectivity index (χ0n) is 10.0. The highest BCUT2D eigenvalue weighted by atomic mass is 32.2. The lowest BCUT2D eigenvalue weighted by molar-refractivity contribution is -0.121. The lowest BCUT2D eigenvalue weighted by atomic mass is 9.87. The average Bonchev–Trinajstić information content (AvgIpc) is 1.95. The van der Waals surface area contributed by atoms with Crippen molar-refractivity contribution in [2.75, 3.05) is 6.54 Å². The molecule has 0 spiro atoms. The SMILES string of the molecule is CC(C)(O)C(C)(C)NS(=O)(=O)NCC(F)(F)F. The van der Waals surface area contributed by atoms with Crippen LogP contribution < -0.4 is 9.44 Å². The molecule has 0 amide bonds. The fraction of sp³-hybridized carbons (Fsp3) is 1.00. The van der Waals surface area contributed by atoms with Crippen LogP contribution in [0.5, 0.6) is 0 Å². The van der Waals surface area contributed by atoms with E-state index >= 15 is 0 Å². The van der Waals surface area contributed by atoms with E-state index in [2.05, 4.69) is 0 Å². The van der Waals surface area contributed by atoms with Crippen LogP contribution in [0.25, 0.3) is 0 Å². The first-order valence-electron chi connectivity index (χ1n) is 4.74. The number of hydrogen-bond acceptors (Lipinski definition) is 3. The minimum absolute atomic E-state index is 1.32. The quantitative estimate of drug-likeness (QED) is 0.686. The molecule has 0 saturated heterocycles. The summed E-state index contributed by atoms with van der Waals surface area (Å²) < 4.78 is 61.5. The van der Waals surface area contributed by atoms with Gasteiger partial charge >= 0.3 is 6.18 Å². The molecular weight excluding hydrogens is 261 g/mol. The van der Waals surface area contributed by atoms with Gasteiger partial charge in [0.2, 0.25) is 0 Å². The van der Waals surface area contributed by atoms with Crippen LogP contribution in [-0.2, 0) is 10.2 Å². The van der Waals surface area contributed by atoms with Crippen LogP contribution in [0.15, 0.2) is 0 Å². The number of nitrogens with one attached hydrogen (secondary N) is 2. The predicted molar refractivity (Wildman–Crippen MR) is 56.5 cm³/mol. The van der Waals surface area contributed by atoms with Gasteiger partial charge < -0.3 is 5.11 Å². The minimum Gasteiger partial charge on any atom is -0.389 e. The van der Waals surface area contributed by atoms with Crippen molar-refractivity contribution in [3.63, 3.8) is 0 Å². The molecule has 0 radical (unpaired) electrons. The van der Waals surface area contributed by atoms with Gasteiger partial charge in [-0.3, -0.25) is 0 Å². The van der Waals surface area contributed by atoms with Crippen molar-refractivity contribution in [3.05, 3.63) is 0 Å². The summed E-state index contributed by atoms with van der Waals surface area (Å²) in [5.74, 6) is 0. The highest BCUT2D eigenvalue weighted by Gasteiger charge is 2.39. The van der Waals surface area contributed by atoms with Gasteiger partial charge in [0.05, 0.1) is 11.1 Å². The van der Waals surface area contributed by atoms with E-state index < -0.39 is 34.1 Å². The molecule has 0 aliphatic rings. The van der Waals surface area contributed by atoms with Crippen LogP contribution in [0.1, 0.15) is 27.7 Å². The van der Waals surface area contributed by atoms with E-state index in [1.54, 1.807) is 0 Å². The molecule has 3 N–H and O–H groups in total. The second-order valence-corrected chi connectivity index (χ2v) is 6.23. The Balaban J connectivity index is 4.68. The fourth-order valence-corrected chi connectivity index (χ4v) is 2.02. The van der Waals surface area contributed by atoms with Gasteiger partial charge in [0.25, 0.3) is 10.2 Å². The standard InChI is InChI=1S/C8H17F3N2O3S/c1-6(2,7(3,4)14)13-17(15,16)12-5-8(9,10)11/h12-14H,5H2,1-4H3. The van der Waals surface area contributed by atoms with Crippen LogP contribution in [0.3, 0.4) is 0 Å². The van der Waals surface area contributed by atoms with Crippen LogP contribution in [-0.4, -0.2) is 37.4 Å².